The summed E-state index contributed by atoms with van der Waals surface area (Å²) in [5.74, 6) is -1.50. The Morgan fingerprint density at radius 1 is 1.00 bits per heavy atom. The molecule has 0 saturated carbocycles. The van der Waals surface area contributed by atoms with E-state index in [1.807, 2.05) is 30.3 Å². The molecule has 0 amide bonds. The maximum Gasteiger partial charge on any atom is 0.534 e. The van der Waals surface area contributed by atoms with Gasteiger partial charge in [-0.25, -0.2) is 13.1 Å². The summed E-state index contributed by atoms with van der Waals surface area (Å²) in [6, 6.07) is 10.6. The first kappa shape index (κ1) is 32.2. The summed E-state index contributed by atoms with van der Waals surface area (Å²) < 4.78 is 100. The minimum Gasteiger partial charge on any atom is -0.459 e. The number of carbonyl (C=O) groups excluding carboxylic acids is 1. The molecule has 1 aromatic heterocycles. The third-order valence-electron chi connectivity index (χ3n) is 5.61. The van der Waals surface area contributed by atoms with Crippen molar-refractivity contribution >= 4 is 36.9 Å². The lowest BCUT2D eigenvalue weighted by Gasteiger charge is -2.28. The van der Waals surface area contributed by atoms with Crippen LogP contribution in [0.2, 0.25) is 0 Å². The highest BCUT2D eigenvalue weighted by Gasteiger charge is 2.48. The summed E-state index contributed by atoms with van der Waals surface area (Å²) in [6.45, 7) is 6.78. The Morgan fingerprint density at radius 2 is 1.66 bits per heavy atom. The van der Waals surface area contributed by atoms with Gasteiger partial charge in [0.1, 0.15) is 11.6 Å². The lowest BCUT2D eigenvalue weighted by atomic mass is 10.1. The zero-order valence-corrected chi connectivity index (χ0v) is 24.2. The summed E-state index contributed by atoms with van der Waals surface area (Å²) in [5.41, 5.74) is -5.57. The third kappa shape index (κ3) is 8.61. The molecule has 0 aliphatic rings. The predicted octanol–water partition coefficient (Wildman–Crippen LogP) is 3.67. The highest BCUT2D eigenvalue weighted by atomic mass is 32.2. The van der Waals surface area contributed by atoms with Crippen molar-refractivity contribution in [3.8, 4) is 5.75 Å². The summed E-state index contributed by atoms with van der Waals surface area (Å²) in [5, 5.41) is 2.92. The second-order valence-electron chi connectivity index (χ2n) is 10.1. The molecule has 15 heteroatoms. The van der Waals surface area contributed by atoms with Crippen LogP contribution in [0.5, 0.6) is 5.75 Å². The lowest BCUT2D eigenvalue weighted by molar-refractivity contribution is -0.158. The number of benzene rings is 2. The maximum absolute atomic E-state index is 13.3. The summed E-state index contributed by atoms with van der Waals surface area (Å²) >= 11 is 0. The number of sulfonamides is 1. The zero-order chi connectivity index (χ0) is 30.6. The molecule has 224 valence electrons. The fourth-order valence-corrected chi connectivity index (χ4v) is 5.49. The standard InChI is InChI=1S/C26H30F3N3O7S2/c1-17(23(24(33)38-25(2,3)4)31-13-12-18-8-6-5-7-9-18)32-40(34,35)20-11-10-19-15-30-16-22(21(19)14-20)39-41(36,37)26(27,28)29/h5-11,14-17,23,31-32H,12-13H2,1-4H3. The number of halogens is 3. The van der Waals surface area contributed by atoms with Crippen LogP contribution in [-0.2, 0) is 36.1 Å². The van der Waals surface area contributed by atoms with Crippen LogP contribution < -0.4 is 14.2 Å². The number of nitrogens with zero attached hydrogens (tertiary/aromatic N) is 1. The van der Waals surface area contributed by atoms with Gasteiger partial charge in [0.05, 0.1) is 11.1 Å². The lowest BCUT2D eigenvalue weighted by Crippen LogP contribution is -2.54. The van der Waals surface area contributed by atoms with Crippen molar-refractivity contribution in [1.29, 1.82) is 0 Å². The molecule has 0 aliphatic carbocycles. The van der Waals surface area contributed by atoms with Gasteiger partial charge < -0.3 is 14.2 Å². The molecule has 1 heterocycles. The fraction of sp³-hybridized carbons (Fsp3) is 0.385. The molecule has 2 atom stereocenters. The summed E-state index contributed by atoms with van der Waals surface area (Å²) in [6.07, 6.45) is 2.47. The second-order valence-corrected chi connectivity index (χ2v) is 13.4. The number of pyridine rings is 1. The van der Waals surface area contributed by atoms with E-state index in [1.165, 1.54) is 19.2 Å². The van der Waals surface area contributed by atoms with Gasteiger partial charge >= 0.3 is 21.6 Å². The largest absolute Gasteiger partial charge is 0.534 e. The molecular formula is C26H30F3N3O7S2. The van der Waals surface area contributed by atoms with Gasteiger partial charge in [0.2, 0.25) is 10.0 Å². The summed E-state index contributed by atoms with van der Waals surface area (Å²) in [4.78, 5) is 16.3. The number of hydrogen-bond donors (Lipinski definition) is 2. The highest BCUT2D eigenvalue weighted by molar-refractivity contribution is 7.89. The Bertz CT molecular complexity index is 1590. The molecule has 3 aromatic rings. The van der Waals surface area contributed by atoms with E-state index in [2.05, 4.69) is 19.2 Å². The number of nitrogens with one attached hydrogen (secondary N) is 2. The van der Waals surface area contributed by atoms with Crippen molar-refractivity contribution in [2.45, 2.75) is 62.2 Å². The normalized spacial score (nSPS) is 14.4. The van der Waals surface area contributed by atoms with Crippen LogP contribution in [0, 0.1) is 0 Å². The molecule has 2 unspecified atom stereocenters. The number of rotatable bonds is 11. The molecule has 0 radical (unpaired) electrons. The maximum atomic E-state index is 13.3. The van der Waals surface area contributed by atoms with E-state index < -0.39 is 59.9 Å². The minimum atomic E-state index is -6.04. The quantitative estimate of drug-likeness (QED) is 0.187. The van der Waals surface area contributed by atoms with Crippen LogP contribution in [0.1, 0.15) is 33.3 Å². The molecule has 0 saturated heterocycles. The molecule has 10 nitrogen and oxygen atoms in total. The Balaban J connectivity index is 1.88. The number of esters is 1. The van der Waals surface area contributed by atoms with E-state index >= 15 is 0 Å². The van der Waals surface area contributed by atoms with Crippen LogP contribution in [-0.4, -0.2) is 57.5 Å². The Labute approximate surface area is 236 Å². The van der Waals surface area contributed by atoms with E-state index in [9.17, 15) is 34.8 Å². The van der Waals surface area contributed by atoms with Crippen LogP contribution in [0.15, 0.2) is 65.8 Å². The first-order chi connectivity index (χ1) is 18.9. The predicted molar refractivity (Wildman–Crippen MR) is 145 cm³/mol. The molecule has 2 N–H and O–H groups in total. The molecular weight excluding hydrogens is 587 g/mol. The topological polar surface area (TPSA) is 141 Å². The van der Waals surface area contributed by atoms with Crippen LogP contribution in [0.3, 0.4) is 0 Å². The Hall–Kier alpha value is -3.27. The van der Waals surface area contributed by atoms with Crippen molar-refractivity contribution in [3.05, 3.63) is 66.5 Å². The van der Waals surface area contributed by atoms with Crippen molar-refractivity contribution < 1.29 is 43.7 Å². The van der Waals surface area contributed by atoms with Gasteiger partial charge in [0.25, 0.3) is 0 Å². The molecule has 3 rings (SSSR count). The molecule has 0 spiro atoms. The van der Waals surface area contributed by atoms with E-state index in [4.69, 9.17) is 4.74 Å². The van der Waals surface area contributed by atoms with Gasteiger partial charge in [-0.15, -0.1) is 0 Å². The van der Waals surface area contributed by atoms with Gasteiger partial charge in [-0.1, -0.05) is 36.4 Å². The average Bonchev–Trinajstić information content (AvgIpc) is 2.85. The number of fused-ring (bicyclic) bond motifs is 1. The van der Waals surface area contributed by atoms with Crippen molar-refractivity contribution in [2.24, 2.45) is 0 Å². The Morgan fingerprint density at radius 3 is 2.27 bits per heavy atom. The second kappa shape index (κ2) is 12.3. The fourth-order valence-electron chi connectivity index (χ4n) is 3.74. The van der Waals surface area contributed by atoms with Crippen molar-refractivity contribution in [1.82, 2.24) is 15.0 Å². The molecule has 0 fully saturated rings. The Kier molecular flexibility index (Phi) is 9.68. The molecule has 41 heavy (non-hydrogen) atoms. The van der Waals surface area contributed by atoms with Crippen LogP contribution in [0.25, 0.3) is 10.8 Å². The van der Waals surface area contributed by atoms with Crippen molar-refractivity contribution in [2.75, 3.05) is 6.54 Å². The first-order valence-corrected chi connectivity index (χ1v) is 15.2. The van der Waals surface area contributed by atoms with Crippen LogP contribution in [0.4, 0.5) is 13.2 Å². The smallest absolute Gasteiger partial charge is 0.459 e. The van der Waals surface area contributed by atoms with E-state index in [0.717, 1.165) is 23.9 Å². The number of aromatic nitrogens is 1. The average molecular weight is 618 g/mol. The van der Waals surface area contributed by atoms with Crippen molar-refractivity contribution in [3.63, 3.8) is 0 Å². The third-order valence-corrected chi connectivity index (χ3v) is 8.13. The van der Waals surface area contributed by atoms with Gasteiger partial charge in [0.15, 0.2) is 5.75 Å². The van der Waals surface area contributed by atoms with E-state index in [-0.39, 0.29) is 10.8 Å². The van der Waals surface area contributed by atoms with Gasteiger partial charge in [-0.2, -0.15) is 21.6 Å². The zero-order valence-electron chi connectivity index (χ0n) is 22.6. The monoisotopic (exact) mass is 617 g/mol. The minimum absolute atomic E-state index is 0.126. The van der Waals surface area contributed by atoms with Gasteiger partial charge in [0, 0.05) is 29.6 Å². The number of carbonyl (C=O) groups is 1. The molecule has 0 aliphatic heterocycles. The first-order valence-electron chi connectivity index (χ1n) is 12.3. The number of hydrogen-bond acceptors (Lipinski definition) is 9. The summed E-state index contributed by atoms with van der Waals surface area (Å²) in [7, 11) is -10.4. The number of ether oxygens (including phenoxy) is 1. The van der Waals surface area contributed by atoms with Crippen LogP contribution >= 0.6 is 0 Å². The van der Waals surface area contributed by atoms with Gasteiger partial charge in [-0.3, -0.25) is 9.78 Å². The molecule has 2 aromatic carbocycles. The van der Waals surface area contributed by atoms with E-state index in [0.29, 0.717) is 13.0 Å². The van der Waals surface area contributed by atoms with E-state index in [1.54, 1.807) is 20.8 Å². The SMILES string of the molecule is CC(NS(=O)(=O)c1ccc2cncc(OS(=O)(=O)C(F)(F)F)c2c1)C(NCCc1ccccc1)C(=O)OC(C)(C)C. The molecule has 0 bridgehead atoms. The highest BCUT2D eigenvalue weighted by Crippen LogP contribution is 2.32. The van der Waals surface area contributed by atoms with Gasteiger partial charge in [-0.05, 0) is 51.8 Å². The number of alkyl halides is 3.